The van der Waals surface area contributed by atoms with Crippen LogP contribution in [0.2, 0.25) is 0 Å². The van der Waals surface area contributed by atoms with E-state index in [4.69, 9.17) is 14.7 Å². The van der Waals surface area contributed by atoms with Gasteiger partial charge in [0.2, 0.25) is 0 Å². The van der Waals surface area contributed by atoms with Gasteiger partial charge in [-0.05, 0) is 93.1 Å². The van der Waals surface area contributed by atoms with Gasteiger partial charge in [-0.3, -0.25) is 10.2 Å². The van der Waals surface area contributed by atoms with Crippen molar-refractivity contribution in [2.75, 3.05) is 37.7 Å². The van der Waals surface area contributed by atoms with Crippen LogP contribution in [0.4, 0.5) is 19.0 Å². The first-order valence-corrected chi connectivity index (χ1v) is 16.1. The van der Waals surface area contributed by atoms with Crippen LogP contribution in [0.15, 0.2) is 24.3 Å². The molecule has 3 saturated heterocycles. The number of anilines is 1. The lowest BCUT2D eigenvalue weighted by Gasteiger charge is -2.37. The molecule has 2 N–H and O–H groups in total. The molecule has 0 saturated carbocycles. The summed E-state index contributed by atoms with van der Waals surface area (Å²) in [5, 5.41) is 15.0. The van der Waals surface area contributed by atoms with Crippen LogP contribution < -0.4 is 15.0 Å². The second kappa shape index (κ2) is 11.6. The van der Waals surface area contributed by atoms with Crippen LogP contribution in [0.5, 0.6) is 11.8 Å². The number of benzene rings is 2. The van der Waals surface area contributed by atoms with Gasteiger partial charge in [-0.2, -0.15) is 9.97 Å². The van der Waals surface area contributed by atoms with E-state index in [0.29, 0.717) is 59.2 Å². The summed E-state index contributed by atoms with van der Waals surface area (Å²) in [5.74, 6) is -0.835. The number of nitrogens with one attached hydrogen (secondary N) is 1. The maximum absolute atomic E-state index is 17.0. The normalized spacial score (nSPS) is 21.6. The fourth-order valence-corrected chi connectivity index (χ4v) is 7.73. The molecule has 2 unspecified atom stereocenters. The van der Waals surface area contributed by atoms with Gasteiger partial charge in [0.05, 0.1) is 23.2 Å². The van der Waals surface area contributed by atoms with Gasteiger partial charge in [0.15, 0.2) is 12.1 Å². The van der Waals surface area contributed by atoms with Crippen LogP contribution in [0.25, 0.3) is 32.9 Å². The summed E-state index contributed by atoms with van der Waals surface area (Å²) < 4.78 is 53.2. The van der Waals surface area contributed by atoms with Crippen molar-refractivity contribution in [3.8, 4) is 23.0 Å². The Morgan fingerprint density at radius 3 is 2.56 bits per heavy atom. The Labute approximate surface area is 260 Å². The Bertz CT molecular complexity index is 1780. The molecule has 7 rings (SSSR count). The molecule has 0 radical (unpaired) electrons. The number of ether oxygens (including phenoxy) is 1. The fourth-order valence-electron chi connectivity index (χ4n) is 7.73. The van der Waals surface area contributed by atoms with Crippen molar-refractivity contribution in [2.45, 2.75) is 77.2 Å². The SMILES string of the molecule is CCc1c(F)ccc2cc(O)cc(-c3nc(CC)c4c(N5CC(F)NCC5C)nc(OCC56CCCN5CCC6)nc4c3F)c12. The third-order valence-corrected chi connectivity index (χ3v) is 9.99. The number of alkyl halides is 1. The van der Waals surface area contributed by atoms with Crippen LogP contribution in [0.1, 0.15) is 57.7 Å². The quantitative estimate of drug-likeness (QED) is 0.242. The highest BCUT2D eigenvalue weighted by Crippen LogP contribution is 2.42. The predicted octanol–water partition coefficient (Wildman–Crippen LogP) is 6.05. The lowest BCUT2D eigenvalue weighted by Crippen LogP contribution is -2.54. The summed E-state index contributed by atoms with van der Waals surface area (Å²) in [6.07, 6.45) is 3.73. The Morgan fingerprint density at radius 2 is 1.82 bits per heavy atom. The minimum atomic E-state index is -1.29. The number of aromatic nitrogens is 3. The van der Waals surface area contributed by atoms with Gasteiger partial charge >= 0.3 is 6.01 Å². The van der Waals surface area contributed by atoms with E-state index in [9.17, 15) is 9.50 Å². The number of phenolic OH excluding ortho intramolecular Hbond substituents is 1. The maximum Gasteiger partial charge on any atom is 0.319 e. The fraction of sp³-hybridized carbons (Fsp3) is 0.500. The number of nitrogens with zero attached hydrogens (tertiary/aromatic N) is 5. The number of rotatable bonds is 7. The van der Waals surface area contributed by atoms with E-state index >= 15 is 8.78 Å². The highest BCUT2D eigenvalue weighted by Gasteiger charge is 2.45. The van der Waals surface area contributed by atoms with Crippen LogP contribution in [-0.2, 0) is 12.8 Å². The molecule has 0 spiro atoms. The number of fused-ring (bicyclic) bond motifs is 3. The Morgan fingerprint density at radius 1 is 1.04 bits per heavy atom. The first-order valence-electron chi connectivity index (χ1n) is 16.1. The maximum atomic E-state index is 17.0. The first-order chi connectivity index (χ1) is 21.7. The van der Waals surface area contributed by atoms with Crippen LogP contribution in [-0.4, -0.2) is 75.6 Å². The molecule has 3 aliphatic rings. The molecule has 3 aliphatic heterocycles. The molecule has 2 atom stereocenters. The molecule has 11 heteroatoms. The molecule has 238 valence electrons. The van der Waals surface area contributed by atoms with E-state index in [1.807, 2.05) is 25.7 Å². The van der Waals surface area contributed by atoms with Crippen molar-refractivity contribution in [3.05, 3.63) is 47.2 Å². The Balaban J connectivity index is 1.45. The van der Waals surface area contributed by atoms with Crippen LogP contribution in [0, 0.1) is 11.6 Å². The average molecular weight is 621 g/mol. The molecule has 2 aromatic heterocycles. The lowest BCUT2D eigenvalue weighted by molar-refractivity contribution is 0.107. The zero-order valence-electron chi connectivity index (χ0n) is 26.0. The van der Waals surface area contributed by atoms with Crippen molar-refractivity contribution in [1.29, 1.82) is 0 Å². The smallest absolute Gasteiger partial charge is 0.319 e. The largest absolute Gasteiger partial charge is 0.508 e. The lowest BCUT2D eigenvalue weighted by atomic mass is 9.94. The number of piperazine rings is 1. The highest BCUT2D eigenvalue weighted by molar-refractivity contribution is 6.02. The van der Waals surface area contributed by atoms with Gasteiger partial charge in [-0.25, -0.2) is 18.2 Å². The minimum Gasteiger partial charge on any atom is -0.508 e. The van der Waals surface area contributed by atoms with Gasteiger partial charge in [0.1, 0.15) is 35.2 Å². The minimum absolute atomic E-state index is 0.0103. The molecule has 0 bridgehead atoms. The number of aryl methyl sites for hydroxylation is 2. The van der Waals surface area contributed by atoms with Crippen molar-refractivity contribution < 1.29 is 23.0 Å². The van der Waals surface area contributed by atoms with Crippen molar-refractivity contribution >= 4 is 27.5 Å². The van der Waals surface area contributed by atoms with Gasteiger partial charge in [0.25, 0.3) is 0 Å². The topological polar surface area (TPSA) is 86.6 Å². The molecule has 0 aliphatic carbocycles. The molecule has 8 nitrogen and oxygen atoms in total. The number of phenols is 1. The Kier molecular flexibility index (Phi) is 7.72. The van der Waals surface area contributed by atoms with Crippen molar-refractivity contribution in [2.24, 2.45) is 0 Å². The molecule has 45 heavy (non-hydrogen) atoms. The van der Waals surface area contributed by atoms with E-state index < -0.39 is 17.9 Å². The molecule has 5 heterocycles. The average Bonchev–Trinajstić information content (AvgIpc) is 3.62. The standard InChI is InChI=1S/C34H39F3N6O2/c1-4-22-24(35)9-8-20-14-21(44)15-23(27(20)22)30-29(37)31-28(25(5-2)39-30)32(43-17-26(36)38-16-19(43)3)41-33(40-31)45-18-34-10-6-12-42(34)13-7-11-34/h8-9,14-15,19,26,38,44H,4-7,10-13,16-18H2,1-3H3. The number of hydrogen-bond acceptors (Lipinski definition) is 8. The highest BCUT2D eigenvalue weighted by atomic mass is 19.1. The first kappa shape index (κ1) is 30.0. The van der Waals surface area contributed by atoms with E-state index in [0.717, 1.165) is 38.8 Å². The van der Waals surface area contributed by atoms with Gasteiger partial charge in [-0.1, -0.05) is 19.9 Å². The van der Waals surface area contributed by atoms with Crippen molar-refractivity contribution in [1.82, 2.24) is 25.2 Å². The van der Waals surface area contributed by atoms with Gasteiger partial charge < -0.3 is 14.7 Å². The van der Waals surface area contributed by atoms with E-state index in [1.165, 1.54) is 18.2 Å². The molecular weight excluding hydrogens is 581 g/mol. The summed E-state index contributed by atoms with van der Waals surface area (Å²) in [6, 6.07) is 5.79. The van der Waals surface area contributed by atoms with E-state index in [-0.39, 0.29) is 46.7 Å². The third kappa shape index (κ3) is 5.04. The summed E-state index contributed by atoms with van der Waals surface area (Å²) in [6.45, 7) is 8.56. The van der Waals surface area contributed by atoms with E-state index in [1.54, 1.807) is 6.07 Å². The number of aromatic hydroxyl groups is 1. The second-order valence-electron chi connectivity index (χ2n) is 12.7. The summed E-state index contributed by atoms with van der Waals surface area (Å²) >= 11 is 0. The monoisotopic (exact) mass is 620 g/mol. The van der Waals surface area contributed by atoms with Crippen LogP contribution in [0.3, 0.4) is 0 Å². The summed E-state index contributed by atoms with van der Waals surface area (Å²) in [7, 11) is 0. The third-order valence-electron chi connectivity index (χ3n) is 9.99. The number of pyridine rings is 1. The van der Waals surface area contributed by atoms with Crippen LogP contribution >= 0.6 is 0 Å². The molecule has 2 aromatic carbocycles. The second-order valence-corrected chi connectivity index (χ2v) is 12.7. The number of halogens is 3. The molecule has 0 amide bonds. The van der Waals surface area contributed by atoms with Crippen molar-refractivity contribution in [3.63, 3.8) is 0 Å². The molecular formula is C34H39F3N6O2. The van der Waals surface area contributed by atoms with Gasteiger partial charge in [0, 0.05) is 18.2 Å². The predicted molar refractivity (Wildman–Crippen MR) is 169 cm³/mol. The van der Waals surface area contributed by atoms with E-state index in [2.05, 4.69) is 15.2 Å². The summed E-state index contributed by atoms with van der Waals surface area (Å²) in [4.78, 5) is 18.6. The Hall–Kier alpha value is -3.70. The summed E-state index contributed by atoms with van der Waals surface area (Å²) in [5.41, 5.74) is 1.10. The zero-order chi connectivity index (χ0) is 31.5. The number of hydrogen-bond donors (Lipinski definition) is 2. The molecule has 3 fully saturated rings. The zero-order valence-corrected chi connectivity index (χ0v) is 26.0. The molecule has 4 aromatic rings. The van der Waals surface area contributed by atoms with Gasteiger partial charge in [-0.15, -0.1) is 0 Å².